The summed E-state index contributed by atoms with van der Waals surface area (Å²) in [6.45, 7) is 2.39. The van der Waals surface area contributed by atoms with E-state index in [-0.39, 0.29) is 0 Å². The monoisotopic (exact) mass is 324 g/mol. The van der Waals surface area contributed by atoms with Crippen molar-refractivity contribution in [2.75, 3.05) is 20.2 Å². The third-order valence-electron chi connectivity index (χ3n) is 4.09. The van der Waals surface area contributed by atoms with E-state index < -0.39 is 0 Å². The number of aliphatic imine (C=N–C) groups is 1. The summed E-state index contributed by atoms with van der Waals surface area (Å²) in [4.78, 5) is 8.68. The smallest absolute Gasteiger partial charge is 0.191 e. The van der Waals surface area contributed by atoms with Gasteiger partial charge in [-0.05, 0) is 36.6 Å². The minimum Gasteiger partial charge on any atom is -0.376 e. The van der Waals surface area contributed by atoms with Crippen molar-refractivity contribution in [1.82, 2.24) is 15.6 Å². The highest BCUT2D eigenvalue weighted by molar-refractivity contribution is 5.79. The molecule has 126 valence electrons. The van der Waals surface area contributed by atoms with Gasteiger partial charge in [0.1, 0.15) is 0 Å². The van der Waals surface area contributed by atoms with Crippen LogP contribution in [-0.2, 0) is 11.3 Å². The van der Waals surface area contributed by atoms with Gasteiger partial charge < -0.3 is 15.4 Å². The van der Waals surface area contributed by atoms with Crippen molar-refractivity contribution in [3.8, 4) is 11.3 Å². The van der Waals surface area contributed by atoms with Gasteiger partial charge in [-0.1, -0.05) is 24.3 Å². The van der Waals surface area contributed by atoms with Gasteiger partial charge in [-0.3, -0.25) is 9.98 Å². The number of hydrogen-bond acceptors (Lipinski definition) is 3. The molecule has 1 unspecified atom stereocenters. The van der Waals surface area contributed by atoms with Gasteiger partial charge in [0.2, 0.25) is 0 Å². The second-order valence-corrected chi connectivity index (χ2v) is 5.86. The maximum atomic E-state index is 5.62. The predicted octanol–water partition coefficient (Wildman–Crippen LogP) is 2.59. The molecule has 0 amide bonds. The Bertz CT molecular complexity index is 666. The van der Waals surface area contributed by atoms with Crippen molar-refractivity contribution in [3.05, 3.63) is 54.2 Å². The molecular formula is C19H24N4O. The van der Waals surface area contributed by atoms with Crippen molar-refractivity contribution >= 4 is 5.96 Å². The second-order valence-electron chi connectivity index (χ2n) is 5.86. The van der Waals surface area contributed by atoms with Crippen LogP contribution in [0.4, 0.5) is 0 Å². The van der Waals surface area contributed by atoms with E-state index in [4.69, 9.17) is 4.74 Å². The predicted molar refractivity (Wildman–Crippen MR) is 96.8 cm³/mol. The van der Waals surface area contributed by atoms with Crippen LogP contribution in [0.3, 0.4) is 0 Å². The SMILES string of the molecule is CN=C(NCc1cccc(-c2ccccn2)c1)NCC1CCCO1. The van der Waals surface area contributed by atoms with Gasteiger partial charge in [0.05, 0.1) is 11.8 Å². The molecule has 5 heteroatoms. The van der Waals surface area contributed by atoms with Gasteiger partial charge in [0.15, 0.2) is 5.96 Å². The van der Waals surface area contributed by atoms with Gasteiger partial charge >= 0.3 is 0 Å². The Labute approximate surface area is 143 Å². The van der Waals surface area contributed by atoms with Crippen molar-refractivity contribution < 1.29 is 4.74 Å². The molecule has 2 aromatic rings. The first-order valence-electron chi connectivity index (χ1n) is 8.41. The zero-order valence-electron chi connectivity index (χ0n) is 14.0. The third kappa shape index (κ3) is 4.55. The molecule has 1 aromatic heterocycles. The quantitative estimate of drug-likeness (QED) is 0.656. The highest BCUT2D eigenvalue weighted by Gasteiger charge is 2.15. The van der Waals surface area contributed by atoms with E-state index >= 15 is 0 Å². The van der Waals surface area contributed by atoms with Crippen LogP contribution >= 0.6 is 0 Å². The molecular weight excluding hydrogens is 300 g/mol. The van der Waals surface area contributed by atoms with Crippen molar-refractivity contribution in [3.63, 3.8) is 0 Å². The Morgan fingerprint density at radius 3 is 2.96 bits per heavy atom. The van der Waals surface area contributed by atoms with Crippen LogP contribution in [0.5, 0.6) is 0 Å². The molecule has 3 rings (SSSR count). The van der Waals surface area contributed by atoms with Crippen molar-refractivity contribution in [1.29, 1.82) is 0 Å². The van der Waals surface area contributed by atoms with Crippen LogP contribution in [0.1, 0.15) is 18.4 Å². The molecule has 0 aliphatic carbocycles. The molecule has 0 spiro atoms. The molecule has 1 fully saturated rings. The minimum atomic E-state index is 0.302. The number of nitrogens with zero attached hydrogens (tertiary/aromatic N) is 2. The fourth-order valence-electron chi connectivity index (χ4n) is 2.80. The summed E-state index contributed by atoms with van der Waals surface area (Å²) in [6, 6.07) is 14.4. The summed E-state index contributed by atoms with van der Waals surface area (Å²) in [7, 11) is 1.79. The van der Waals surface area contributed by atoms with Crippen LogP contribution in [0.2, 0.25) is 0 Å². The van der Waals surface area contributed by atoms with Crippen LogP contribution in [0.25, 0.3) is 11.3 Å². The van der Waals surface area contributed by atoms with Gasteiger partial charge in [-0.2, -0.15) is 0 Å². The molecule has 5 nitrogen and oxygen atoms in total. The Morgan fingerprint density at radius 2 is 2.21 bits per heavy atom. The van der Waals surface area contributed by atoms with Crippen LogP contribution < -0.4 is 10.6 Å². The molecule has 1 aliphatic heterocycles. The van der Waals surface area contributed by atoms with Crippen LogP contribution in [0, 0.1) is 0 Å². The lowest BCUT2D eigenvalue weighted by atomic mass is 10.1. The van der Waals surface area contributed by atoms with E-state index in [0.717, 1.165) is 43.2 Å². The van der Waals surface area contributed by atoms with Gasteiger partial charge in [-0.25, -0.2) is 0 Å². The van der Waals surface area contributed by atoms with Crippen molar-refractivity contribution in [2.24, 2.45) is 4.99 Å². The molecule has 2 N–H and O–H groups in total. The minimum absolute atomic E-state index is 0.302. The molecule has 0 saturated carbocycles. The molecule has 1 aliphatic rings. The highest BCUT2D eigenvalue weighted by Crippen LogP contribution is 2.17. The molecule has 1 aromatic carbocycles. The summed E-state index contributed by atoms with van der Waals surface area (Å²) < 4.78 is 5.62. The number of guanidine groups is 1. The number of ether oxygens (including phenoxy) is 1. The molecule has 1 atom stereocenters. The van der Waals surface area contributed by atoms with E-state index in [0.29, 0.717) is 12.6 Å². The topological polar surface area (TPSA) is 58.5 Å². The molecule has 24 heavy (non-hydrogen) atoms. The number of pyridine rings is 1. The standard InChI is InChI=1S/C19H24N4O/c1-20-19(23-14-17-8-5-11-24-17)22-13-15-6-4-7-16(12-15)18-9-2-3-10-21-18/h2-4,6-7,9-10,12,17H,5,8,11,13-14H2,1H3,(H2,20,22,23). The lowest BCUT2D eigenvalue weighted by Gasteiger charge is -2.15. The number of nitrogens with one attached hydrogen (secondary N) is 2. The van der Waals surface area contributed by atoms with E-state index in [1.54, 1.807) is 7.05 Å². The average molecular weight is 324 g/mol. The lowest BCUT2D eigenvalue weighted by Crippen LogP contribution is -2.40. The highest BCUT2D eigenvalue weighted by atomic mass is 16.5. The van der Waals surface area contributed by atoms with Gasteiger partial charge in [-0.15, -0.1) is 0 Å². The van der Waals surface area contributed by atoms with Crippen molar-refractivity contribution in [2.45, 2.75) is 25.5 Å². The fraction of sp³-hybridized carbons (Fsp3) is 0.368. The van der Waals surface area contributed by atoms with E-state index in [1.807, 2.05) is 24.4 Å². The van der Waals surface area contributed by atoms with Crippen LogP contribution in [-0.4, -0.2) is 37.2 Å². The Hall–Kier alpha value is -2.40. The summed E-state index contributed by atoms with van der Waals surface area (Å²) >= 11 is 0. The van der Waals surface area contributed by atoms with E-state index in [2.05, 4.69) is 44.9 Å². The molecule has 1 saturated heterocycles. The van der Waals surface area contributed by atoms with Gasteiger partial charge in [0.25, 0.3) is 0 Å². The van der Waals surface area contributed by atoms with Crippen LogP contribution in [0.15, 0.2) is 53.7 Å². The fourth-order valence-corrected chi connectivity index (χ4v) is 2.80. The normalized spacial score (nSPS) is 17.7. The number of rotatable bonds is 5. The zero-order valence-corrected chi connectivity index (χ0v) is 14.0. The Balaban J connectivity index is 1.55. The number of benzene rings is 1. The van der Waals surface area contributed by atoms with E-state index in [1.165, 1.54) is 5.56 Å². The molecule has 0 radical (unpaired) electrons. The first kappa shape index (κ1) is 16.5. The number of aromatic nitrogens is 1. The third-order valence-corrected chi connectivity index (χ3v) is 4.09. The van der Waals surface area contributed by atoms with Gasteiger partial charge in [0, 0.05) is 38.5 Å². The summed E-state index contributed by atoms with van der Waals surface area (Å²) in [5.41, 5.74) is 3.30. The maximum absolute atomic E-state index is 5.62. The first-order valence-corrected chi connectivity index (χ1v) is 8.41. The van der Waals surface area contributed by atoms with E-state index in [9.17, 15) is 0 Å². The molecule has 0 bridgehead atoms. The lowest BCUT2D eigenvalue weighted by molar-refractivity contribution is 0.114. The summed E-state index contributed by atoms with van der Waals surface area (Å²) in [5.74, 6) is 0.800. The maximum Gasteiger partial charge on any atom is 0.191 e. The number of hydrogen-bond donors (Lipinski definition) is 2. The first-order chi connectivity index (χ1) is 11.8. The Morgan fingerprint density at radius 1 is 1.25 bits per heavy atom. The molecule has 2 heterocycles. The zero-order chi connectivity index (χ0) is 16.6. The Kier molecular flexibility index (Phi) is 5.80. The second kappa shape index (κ2) is 8.45. The largest absolute Gasteiger partial charge is 0.376 e. The average Bonchev–Trinajstić information content (AvgIpc) is 3.16. The summed E-state index contributed by atoms with van der Waals surface area (Å²) in [6.07, 6.45) is 4.39. The summed E-state index contributed by atoms with van der Waals surface area (Å²) in [5, 5.41) is 6.68.